The molecule has 7 heteroatoms. The lowest BCUT2D eigenvalue weighted by atomic mass is 9.82. The maximum absolute atomic E-state index is 13.4. The highest BCUT2D eigenvalue weighted by Crippen LogP contribution is 2.48. The fourth-order valence-corrected chi connectivity index (χ4v) is 5.82. The van der Waals surface area contributed by atoms with Gasteiger partial charge in [0, 0.05) is 36.2 Å². The lowest BCUT2D eigenvalue weighted by Gasteiger charge is -2.41. The number of nitrogens with zero attached hydrogens (tertiary/aromatic N) is 2. The summed E-state index contributed by atoms with van der Waals surface area (Å²) in [7, 11) is 3.36. The molecule has 0 aliphatic carbocycles. The minimum atomic E-state index is -0.190. The lowest BCUT2D eigenvalue weighted by molar-refractivity contribution is -0.107. The number of urea groups is 1. The van der Waals surface area contributed by atoms with Crippen LogP contribution in [0.25, 0.3) is 0 Å². The first kappa shape index (κ1) is 25.8. The number of amides is 2. The molecule has 5 rings (SSSR count). The molecule has 2 fully saturated rings. The van der Waals surface area contributed by atoms with Crippen LogP contribution in [-0.4, -0.2) is 61.5 Å². The van der Waals surface area contributed by atoms with Gasteiger partial charge in [-0.3, -0.25) is 4.90 Å². The summed E-state index contributed by atoms with van der Waals surface area (Å²) in [6.07, 6.45) is 5.65. The number of carbonyl (C=O) groups excluding carboxylic acids is 2. The largest absolute Gasteiger partial charge is 0.497 e. The summed E-state index contributed by atoms with van der Waals surface area (Å²) in [5, 5.41) is 3.45. The minimum absolute atomic E-state index is 0.118. The molecule has 192 valence electrons. The van der Waals surface area contributed by atoms with Crippen LogP contribution < -0.4 is 14.8 Å². The second-order valence-electron chi connectivity index (χ2n) is 9.49. The maximum atomic E-state index is 13.4. The molecule has 1 spiro atoms. The Bertz CT molecular complexity index is 1110. The highest BCUT2D eigenvalue weighted by Gasteiger charge is 2.54. The molecule has 2 aromatic rings. The van der Waals surface area contributed by atoms with Crippen LogP contribution in [0, 0.1) is 0 Å². The molecular formula is C29H37N3O4. The van der Waals surface area contributed by atoms with Crippen molar-refractivity contribution >= 4 is 12.3 Å². The Balaban J connectivity index is 0.000000286. The van der Waals surface area contributed by atoms with Gasteiger partial charge in [-0.1, -0.05) is 43.3 Å². The average molecular weight is 492 g/mol. The summed E-state index contributed by atoms with van der Waals surface area (Å²) >= 11 is 0. The molecule has 0 bridgehead atoms. The van der Waals surface area contributed by atoms with Crippen molar-refractivity contribution in [2.24, 2.45) is 0 Å². The first-order chi connectivity index (χ1) is 17.5. The van der Waals surface area contributed by atoms with E-state index >= 15 is 0 Å². The number of likely N-dealkylation sites (N-methyl/N-ethyl adjacent to an activating group) is 1. The third-order valence-corrected chi connectivity index (χ3v) is 7.50. The molecule has 3 aliphatic rings. The minimum Gasteiger partial charge on any atom is -0.497 e. The average Bonchev–Trinajstić information content (AvgIpc) is 3.01. The monoisotopic (exact) mass is 491 g/mol. The topological polar surface area (TPSA) is 71.1 Å². The van der Waals surface area contributed by atoms with Crippen LogP contribution in [0.3, 0.4) is 0 Å². The van der Waals surface area contributed by atoms with Crippen LogP contribution in [0.2, 0.25) is 0 Å². The Morgan fingerprint density at radius 1 is 1.11 bits per heavy atom. The highest BCUT2D eigenvalue weighted by molar-refractivity contribution is 5.83. The molecular weight excluding hydrogens is 454 g/mol. The predicted molar refractivity (Wildman–Crippen MR) is 140 cm³/mol. The van der Waals surface area contributed by atoms with E-state index in [1.807, 2.05) is 47.4 Å². The fraction of sp³-hybridized carbons (Fsp3) is 0.448. The maximum Gasteiger partial charge on any atom is 0.325 e. The van der Waals surface area contributed by atoms with Crippen LogP contribution in [0.15, 0.2) is 54.2 Å². The standard InChI is InChI=1S/C21H29N3O3.C8H8O/c1-5-24-20(25)23-13-15-11-16(26-3)12-17(27-4)19(15)14(2)10-18(23)21(24)6-8-22-9-7-21;9-7-6-8-4-2-1-3-5-8/h10-12,14,22H,5-9,13H2,1-4H3;1-5,7H,6H2/t14-;/m0./s1. The first-order valence-corrected chi connectivity index (χ1v) is 12.7. The Morgan fingerprint density at radius 2 is 1.83 bits per heavy atom. The number of piperidine rings is 1. The summed E-state index contributed by atoms with van der Waals surface area (Å²) in [5.41, 5.74) is 4.30. The second kappa shape index (κ2) is 11.2. The summed E-state index contributed by atoms with van der Waals surface area (Å²) in [6.45, 7) is 7.44. The molecule has 2 amide bonds. The van der Waals surface area contributed by atoms with Gasteiger partial charge in [0.15, 0.2) is 0 Å². The van der Waals surface area contributed by atoms with Gasteiger partial charge in [-0.15, -0.1) is 0 Å². The number of allylic oxidation sites excluding steroid dienone is 1. The molecule has 36 heavy (non-hydrogen) atoms. The van der Waals surface area contributed by atoms with Crippen molar-refractivity contribution in [2.45, 2.75) is 51.1 Å². The highest BCUT2D eigenvalue weighted by atomic mass is 16.5. The molecule has 0 saturated carbocycles. The van der Waals surface area contributed by atoms with Gasteiger partial charge >= 0.3 is 6.03 Å². The molecule has 0 radical (unpaired) electrons. The predicted octanol–water partition coefficient (Wildman–Crippen LogP) is 4.51. The van der Waals surface area contributed by atoms with E-state index in [2.05, 4.69) is 30.1 Å². The number of hydrogen-bond acceptors (Lipinski definition) is 5. The molecule has 0 aromatic heterocycles. The number of carbonyl (C=O) groups is 2. The summed E-state index contributed by atoms with van der Waals surface area (Å²) in [5.74, 6) is 1.75. The van der Waals surface area contributed by atoms with Crippen molar-refractivity contribution in [3.8, 4) is 11.5 Å². The smallest absolute Gasteiger partial charge is 0.325 e. The molecule has 2 aromatic carbocycles. The van der Waals surface area contributed by atoms with Crippen molar-refractivity contribution < 1.29 is 19.1 Å². The Kier molecular flexibility index (Phi) is 7.99. The molecule has 1 N–H and O–H groups in total. The van der Waals surface area contributed by atoms with Crippen molar-refractivity contribution in [1.82, 2.24) is 15.1 Å². The normalized spacial score (nSPS) is 19.9. The Labute approximate surface area is 214 Å². The van der Waals surface area contributed by atoms with Gasteiger partial charge in [0.2, 0.25) is 0 Å². The lowest BCUT2D eigenvalue weighted by Crippen LogP contribution is -2.52. The van der Waals surface area contributed by atoms with E-state index in [4.69, 9.17) is 9.47 Å². The third kappa shape index (κ3) is 4.72. The SMILES string of the molecule is CCN1C(=O)N2Cc3cc(OC)cc(OC)c3[C@@H](C)C=C2C12CCNCC2.O=CCc1ccccc1. The number of ether oxygens (including phenoxy) is 2. The fourth-order valence-electron chi connectivity index (χ4n) is 5.82. The molecule has 3 heterocycles. The van der Waals surface area contributed by atoms with Crippen LogP contribution in [-0.2, 0) is 17.8 Å². The van der Waals surface area contributed by atoms with Crippen molar-refractivity contribution in [2.75, 3.05) is 33.9 Å². The number of aldehydes is 1. The summed E-state index contributed by atoms with van der Waals surface area (Å²) < 4.78 is 11.1. The molecule has 1 atom stereocenters. The van der Waals surface area contributed by atoms with Gasteiger partial charge < -0.3 is 24.5 Å². The Morgan fingerprint density at radius 3 is 2.44 bits per heavy atom. The zero-order chi connectivity index (χ0) is 25.7. The molecule has 0 unspecified atom stereocenters. The van der Waals surface area contributed by atoms with Crippen LogP contribution >= 0.6 is 0 Å². The molecule has 2 saturated heterocycles. The zero-order valence-corrected chi connectivity index (χ0v) is 21.8. The van der Waals surface area contributed by atoms with Gasteiger partial charge in [-0.25, -0.2) is 4.79 Å². The first-order valence-electron chi connectivity index (χ1n) is 12.7. The number of fused-ring (bicyclic) bond motifs is 3. The number of methoxy groups -OCH3 is 2. The number of benzene rings is 2. The summed E-state index contributed by atoms with van der Waals surface area (Å²) in [6, 6.07) is 13.8. The molecule has 7 nitrogen and oxygen atoms in total. The van der Waals surface area contributed by atoms with E-state index in [9.17, 15) is 9.59 Å². The van der Waals surface area contributed by atoms with Crippen LogP contribution in [0.5, 0.6) is 11.5 Å². The van der Waals surface area contributed by atoms with Gasteiger partial charge in [0.05, 0.1) is 26.3 Å². The van der Waals surface area contributed by atoms with Crippen LogP contribution in [0.1, 0.15) is 49.3 Å². The van der Waals surface area contributed by atoms with Gasteiger partial charge in [0.25, 0.3) is 0 Å². The third-order valence-electron chi connectivity index (χ3n) is 7.50. The quantitative estimate of drug-likeness (QED) is 0.623. The van der Waals surface area contributed by atoms with E-state index in [1.54, 1.807) is 14.2 Å². The zero-order valence-electron chi connectivity index (χ0n) is 21.8. The van der Waals surface area contributed by atoms with Gasteiger partial charge in [0.1, 0.15) is 17.8 Å². The molecule has 3 aliphatic heterocycles. The van der Waals surface area contributed by atoms with Crippen molar-refractivity contribution in [1.29, 1.82) is 0 Å². The second-order valence-corrected chi connectivity index (χ2v) is 9.49. The number of nitrogens with one attached hydrogen (secondary N) is 1. The number of hydrogen-bond donors (Lipinski definition) is 1. The van der Waals surface area contributed by atoms with Crippen molar-refractivity contribution in [3.05, 3.63) is 70.9 Å². The van der Waals surface area contributed by atoms with E-state index in [0.717, 1.165) is 67.0 Å². The van der Waals surface area contributed by atoms with E-state index in [0.29, 0.717) is 13.0 Å². The van der Waals surface area contributed by atoms with Gasteiger partial charge in [-0.2, -0.15) is 0 Å². The Hall–Kier alpha value is -3.32. The van der Waals surface area contributed by atoms with Crippen molar-refractivity contribution in [3.63, 3.8) is 0 Å². The summed E-state index contributed by atoms with van der Waals surface area (Å²) in [4.78, 5) is 27.4. The van der Waals surface area contributed by atoms with Gasteiger partial charge in [-0.05, 0) is 50.0 Å². The number of rotatable bonds is 5. The van der Waals surface area contributed by atoms with E-state index < -0.39 is 0 Å². The van der Waals surface area contributed by atoms with E-state index in [1.165, 1.54) is 5.70 Å². The van der Waals surface area contributed by atoms with Crippen LogP contribution in [0.4, 0.5) is 4.79 Å². The van der Waals surface area contributed by atoms with E-state index in [-0.39, 0.29) is 17.5 Å².